The van der Waals surface area contributed by atoms with Crippen LogP contribution in [0, 0.1) is 12.7 Å². The highest BCUT2D eigenvalue weighted by Crippen LogP contribution is 2.10. The second-order valence-electron chi connectivity index (χ2n) is 7.76. The number of hydrogen-bond acceptors (Lipinski definition) is 3. The molecule has 0 radical (unpaired) electrons. The van der Waals surface area contributed by atoms with E-state index in [1.54, 1.807) is 26.1 Å². The van der Waals surface area contributed by atoms with Gasteiger partial charge in [0.2, 0.25) is 0 Å². The van der Waals surface area contributed by atoms with Gasteiger partial charge in [0.15, 0.2) is 5.96 Å². The van der Waals surface area contributed by atoms with Crippen LogP contribution in [0.15, 0.2) is 47.5 Å². The second kappa shape index (κ2) is 12.2. The Bertz CT molecular complexity index is 817. The van der Waals surface area contributed by atoms with Crippen molar-refractivity contribution < 1.29 is 4.39 Å². The van der Waals surface area contributed by atoms with E-state index in [0.29, 0.717) is 24.6 Å². The van der Waals surface area contributed by atoms with Gasteiger partial charge < -0.3 is 15.5 Å². The molecule has 0 amide bonds. The third-order valence-corrected chi connectivity index (χ3v) is 5.40. The number of guanidine groups is 1. The van der Waals surface area contributed by atoms with Gasteiger partial charge in [-0.05, 0) is 42.3 Å². The van der Waals surface area contributed by atoms with Crippen LogP contribution in [0.2, 0.25) is 0 Å². The molecule has 2 N–H and O–H groups in total. The molecular formula is C23H33FIN5. The molecule has 0 unspecified atom stereocenters. The zero-order chi connectivity index (χ0) is 20.6. The minimum Gasteiger partial charge on any atom is -0.352 e. The molecule has 0 aromatic heterocycles. The van der Waals surface area contributed by atoms with Crippen molar-refractivity contribution >= 4 is 29.9 Å². The number of aliphatic imine (C=N–C) groups is 1. The third kappa shape index (κ3) is 7.52. The predicted octanol–water partition coefficient (Wildman–Crippen LogP) is 3.36. The highest BCUT2D eigenvalue weighted by atomic mass is 127. The number of hydrogen-bond donors (Lipinski definition) is 2. The second-order valence-corrected chi connectivity index (χ2v) is 7.76. The zero-order valence-electron chi connectivity index (χ0n) is 18.1. The molecule has 30 heavy (non-hydrogen) atoms. The predicted molar refractivity (Wildman–Crippen MR) is 133 cm³/mol. The molecule has 0 bridgehead atoms. The maximum Gasteiger partial charge on any atom is 0.191 e. The van der Waals surface area contributed by atoms with E-state index in [0.717, 1.165) is 38.3 Å². The van der Waals surface area contributed by atoms with Crippen molar-refractivity contribution in [1.29, 1.82) is 0 Å². The van der Waals surface area contributed by atoms with Crippen LogP contribution in [0.5, 0.6) is 0 Å². The van der Waals surface area contributed by atoms with Crippen molar-refractivity contribution in [1.82, 2.24) is 20.4 Å². The van der Waals surface area contributed by atoms with Crippen LogP contribution in [-0.2, 0) is 19.6 Å². The lowest BCUT2D eigenvalue weighted by molar-refractivity contribution is 0.148. The van der Waals surface area contributed by atoms with E-state index in [-0.39, 0.29) is 29.8 Å². The molecule has 1 saturated heterocycles. The first-order valence-corrected chi connectivity index (χ1v) is 10.2. The summed E-state index contributed by atoms with van der Waals surface area (Å²) in [6.07, 6.45) is 0. The van der Waals surface area contributed by atoms with Crippen molar-refractivity contribution in [2.24, 2.45) is 4.99 Å². The van der Waals surface area contributed by atoms with Crippen LogP contribution in [0.4, 0.5) is 4.39 Å². The molecule has 1 fully saturated rings. The van der Waals surface area contributed by atoms with Gasteiger partial charge in [0.1, 0.15) is 5.82 Å². The number of halogens is 2. The molecular weight excluding hydrogens is 492 g/mol. The standard InChI is InChI=1S/C23H32FN5.HI/c1-18-4-5-21(14-22(18)24)16-27-23(25-2)26-15-19-6-8-20(9-7-19)17-29-12-10-28(3)11-13-29;/h4-9,14H,10-13,15-17H2,1-3H3,(H2,25,26,27);1H. The van der Waals surface area contributed by atoms with Gasteiger partial charge in [-0.2, -0.15) is 0 Å². The maximum atomic E-state index is 13.7. The molecule has 1 heterocycles. The first kappa shape index (κ1) is 24.6. The number of rotatable bonds is 6. The molecule has 5 nitrogen and oxygen atoms in total. The van der Waals surface area contributed by atoms with E-state index in [1.807, 2.05) is 6.07 Å². The molecule has 164 valence electrons. The summed E-state index contributed by atoms with van der Waals surface area (Å²) in [6.45, 7) is 8.55. The molecule has 1 aliphatic heterocycles. The van der Waals surface area contributed by atoms with Gasteiger partial charge in [-0.1, -0.05) is 36.4 Å². The average molecular weight is 525 g/mol. The topological polar surface area (TPSA) is 42.9 Å². The van der Waals surface area contributed by atoms with Crippen molar-refractivity contribution in [2.75, 3.05) is 40.3 Å². The van der Waals surface area contributed by atoms with E-state index in [9.17, 15) is 4.39 Å². The Hall–Kier alpha value is -1.71. The van der Waals surface area contributed by atoms with E-state index in [2.05, 4.69) is 56.7 Å². The maximum absolute atomic E-state index is 13.7. The summed E-state index contributed by atoms with van der Waals surface area (Å²) in [5.41, 5.74) is 4.11. The van der Waals surface area contributed by atoms with Gasteiger partial charge in [-0.15, -0.1) is 24.0 Å². The summed E-state index contributed by atoms with van der Waals surface area (Å²) >= 11 is 0. The molecule has 2 aromatic rings. The molecule has 0 atom stereocenters. The Kier molecular flexibility index (Phi) is 10.0. The van der Waals surface area contributed by atoms with Gasteiger partial charge in [0, 0.05) is 52.9 Å². The monoisotopic (exact) mass is 525 g/mol. The van der Waals surface area contributed by atoms with E-state index in [4.69, 9.17) is 0 Å². The van der Waals surface area contributed by atoms with Crippen LogP contribution in [0.25, 0.3) is 0 Å². The Balaban J connectivity index is 0.00000320. The largest absolute Gasteiger partial charge is 0.352 e. The van der Waals surface area contributed by atoms with E-state index >= 15 is 0 Å². The van der Waals surface area contributed by atoms with Gasteiger partial charge in [-0.3, -0.25) is 9.89 Å². The Labute approximate surface area is 196 Å². The van der Waals surface area contributed by atoms with E-state index in [1.165, 1.54) is 11.1 Å². The molecule has 1 aliphatic rings. The van der Waals surface area contributed by atoms with Gasteiger partial charge in [0.25, 0.3) is 0 Å². The lowest BCUT2D eigenvalue weighted by Crippen LogP contribution is -2.43. The normalized spacial score (nSPS) is 15.5. The number of nitrogens with zero attached hydrogens (tertiary/aromatic N) is 3. The van der Waals surface area contributed by atoms with Crippen LogP contribution in [-0.4, -0.2) is 56.0 Å². The molecule has 2 aromatic carbocycles. The average Bonchev–Trinajstić information content (AvgIpc) is 2.73. The summed E-state index contributed by atoms with van der Waals surface area (Å²) in [6, 6.07) is 14.0. The number of aryl methyl sites for hydroxylation is 1. The molecule has 7 heteroatoms. The van der Waals surface area contributed by atoms with Crippen molar-refractivity contribution in [3.8, 4) is 0 Å². The number of benzene rings is 2. The zero-order valence-corrected chi connectivity index (χ0v) is 20.4. The summed E-state index contributed by atoms with van der Waals surface area (Å²) in [5.74, 6) is 0.524. The lowest BCUT2D eigenvalue weighted by Gasteiger charge is -2.32. The molecule has 3 rings (SSSR count). The minimum absolute atomic E-state index is 0. The van der Waals surface area contributed by atoms with Crippen molar-refractivity contribution in [3.05, 3.63) is 70.5 Å². The quantitative estimate of drug-likeness (QED) is 0.345. The lowest BCUT2D eigenvalue weighted by atomic mass is 10.1. The van der Waals surface area contributed by atoms with Gasteiger partial charge >= 0.3 is 0 Å². The highest BCUT2D eigenvalue weighted by Gasteiger charge is 2.13. The first-order chi connectivity index (χ1) is 14.0. The van der Waals surface area contributed by atoms with Crippen LogP contribution in [0.1, 0.15) is 22.3 Å². The van der Waals surface area contributed by atoms with Crippen molar-refractivity contribution in [2.45, 2.75) is 26.6 Å². The molecule has 0 spiro atoms. The third-order valence-electron chi connectivity index (χ3n) is 5.40. The fourth-order valence-corrected chi connectivity index (χ4v) is 3.37. The smallest absolute Gasteiger partial charge is 0.191 e. The number of nitrogens with one attached hydrogen (secondary N) is 2. The van der Waals surface area contributed by atoms with Gasteiger partial charge in [-0.25, -0.2) is 4.39 Å². The minimum atomic E-state index is -0.177. The Morgan fingerprint density at radius 3 is 2.10 bits per heavy atom. The van der Waals surface area contributed by atoms with Crippen LogP contribution < -0.4 is 10.6 Å². The first-order valence-electron chi connectivity index (χ1n) is 10.2. The summed E-state index contributed by atoms with van der Waals surface area (Å²) in [4.78, 5) is 9.13. The van der Waals surface area contributed by atoms with Crippen molar-refractivity contribution in [3.63, 3.8) is 0 Å². The SMILES string of the molecule is CN=C(NCc1ccc(CN2CCN(C)CC2)cc1)NCc1ccc(C)c(F)c1.I. The molecule has 0 saturated carbocycles. The summed E-state index contributed by atoms with van der Waals surface area (Å²) in [7, 11) is 3.92. The molecule has 0 aliphatic carbocycles. The van der Waals surface area contributed by atoms with Crippen LogP contribution in [0.3, 0.4) is 0 Å². The highest BCUT2D eigenvalue weighted by molar-refractivity contribution is 14.0. The number of likely N-dealkylation sites (N-methyl/N-ethyl adjacent to an activating group) is 1. The number of piperazine rings is 1. The summed E-state index contributed by atoms with van der Waals surface area (Å²) < 4.78 is 13.7. The van der Waals surface area contributed by atoms with Gasteiger partial charge in [0.05, 0.1) is 0 Å². The Morgan fingerprint density at radius 2 is 1.50 bits per heavy atom. The van der Waals surface area contributed by atoms with Crippen LogP contribution >= 0.6 is 24.0 Å². The van der Waals surface area contributed by atoms with E-state index < -0.39 is 0 Å². The Morgan fingerprint density at radius 1 is 0.933 bits per heavy atom. The fourth-order valence-electron chi connectivity index (χ4n) is 3.37. The summed E-state index contributed by atoms with van der Waals surface area (Å²) in [5, 5.41) is 6.55. The fraction of sp³-hybridized carbons (Fsp3) is 0.435.